The van der Waals surface area contributed by atoms with Crippen LogP contribution in [-0.4, -0.2) is 4.98 Å². The lowest BCUT2D eigenvalue weighted by molar-refractivity contribution is 0.507. The number of nitrogens with one attached hydrogen (secondary N) is 1. The summed E-state index contributed by atoms with van der Waals surface area (Å²) < 4.78 is 25.6. The van der Waals surface area contributed by atoms with Crippen molar-refractivity contribution < 1.29 is 8.78 Å². The van der Waals surface area contributed by atoms with Crippen LogP contribution >= 0.6 is 0 Å². The number of nitrogens with zero attached hydrogens (tertiary/aromatic N) is 1. The molecule has 0 saturated heterocycles. The molecule has 0 aliphatic rings. The van der Waals surface area contributed by atoms with Crippen molar-refractivity contribution in [3.8, 4) is 0 Å². The molecule has 88 valence electrons. The van der Waals surface area contributed by atoms with Gasteiger partial charge in [0, 0.05) is 12.7 Å². The molecular formula is C12H11F2N3. The molecule has 0 saturated carbocycles. The van der Waals surface area contributed by atoms with E-state index in [2.05, 4.69) is 10.3 Å². The Hall–Kier alpha value is -2.17. The third-order valence-electron chi connectivity index (χ3n) is 2.24. The van der Waals surface area contributed by atoms with Gasteiger partial charge in [0.1, 0.15) is 0 Å². The fraction of sp³-hybridized carbons (Fsp3) is 0.0833. The van der Waals surface area contributed by atoms with E-state index in [9.17, 15) is 8.78 Å². The van der Waals surface area contributed by atoms with Gasteiger partial charge >= 0.3 is 0 Å². The van der Waals surface area contributed by atoms with Crippen molar-refractivity contribution in [1.82, 2.24) is 4.98 Å². The summed E-state index contributed by atoms with van der Waals surface area (Å²) in [5.41, 5.74) is 7.48. The summed E-state index contributed by atoms with van der Waals surface area (Å²) in [7, 11) is 0. The van der Waals surface area contributed by atoms with Gasteiger partial charge in [0.05, 0.1) is 17.6 Å². The first-order valence-corrected chi connectivity index (χ1v) is 5.03. The number of hydrogen-bond donors (Lipinski definition) is 2. The van der Waals surface area contributed by atoms with Crippen molar-refractivity contribution >= 4 is 11.4 Å². The summed E-state index contributed by atoms with van der Waals surface area (Å²) in [4.78, 5) is 3.91. The summed E-state index contributed by atoms with van der Waals surface area (Å²) in [6.45, 7) is 0.377. The van der Waals surface area contributed by atoms with E-state index >= 15 is 0 Å². The molecule has 0 spiro atoms. The smallest absolute Gasteiger partial charge is 0.159 e. The Bertz CT molecular complexity index is 529. The average molecular weight is 235 g/mol. The normalized spacial score (nSPS) is 10.2. The number of nitrogen functional groups attached to an aromatic ring is 1. The van der Waals surface area contributed by atoms with Crippen LogP contribution < -0.4 is 11.1 Å². The average Bonchev–Trinajstić information content (AvgIpc) is 2.31. The van der Waals surface area contributed by atoms with E-state index in [1.165, 1.54) is 12.3 Å². The molecule has 2 aromatic rings. The van der Waals surface area contributed by atoms with Crippen LogP contribution in [0.1, 0.15) is 5.56 Å². The molecule has 5 heteroatoms. The van der Waals surface area contributed by atoms with Gasteiger partial charge in [0.25, 0.3) is 0 Å². The van der Waals surface area contributed by atoms with E-state index in [-0.39, 0.29) is 0 Å². The molecule has 0 radical (unpaired) electrons. The zero-order valence-electron chi connectivity index (χ0n) is 8.95. The fourth-order valence-corrected chi connectivity index (χ4v) is 1.41. The Morgan fingerprint density at radius 1 is 1.12 bits per heavy atom. The molecule has 1 aromatic carbocycles. The molecule has 2 rings (SSSR count). The minimum atomic E-state index is -0.852. The van der Waals surface area contributed by atoms with Crippen LogP contribution in [-0.2, 0) is 6.54 Å². The van der Waals surface area contributed by atoms with E-state index < -0.39 is 11.6 Å². The number of anilines is 2. The van der Waals surface area contributed by atoms with Crippen molar-refractivity contribution in [3.05, 3.63) is 53.9 Å². The number of pyridine rings is 1. The fourth-order valence-electron chi connectivity index (χ4n) is 1.41. The zero-order chi connectivity index (χ0) is 12.3. The van der Waals surface area contributed by atoms with Crippen LogP contribution in [0.25, 0.3) is 0 Å². The second-order valence-electron chi connectivity index (χ2n) is 3.61. The zero-order valence-corrected chi connectivity index (χ0v) is 8.95. The summed E-state index contributed by atoms with van der Waals surface area (Å²) in [5.74, 6) is -1.70. The van der Waals surface area contributed by atoms with E-state index in [0.29, 0.717) is 17.8 Å². The predicted molar refractivity (Wildman–Crippen MR) is 62.3 cm³/mol. The number of hydrogen-bond acceptors (Lipinski definition) is 3. The summed E-state index contributed by atoms with van der Waals surface area (Å²) in [6.07, 6.45) is 3.14. The third-order valence-corrected chi connectivity index (χ3v) is 2.24. The lowest BCUT2D eigenvalue weighted by Gasteiger charge is -2.06. The van der Waals surface area contributed by atoms with Crippen molar-refractivity contribution in [3.63, 3.8) is 0 Å². The van der Waals surface area contributed by atoms with Gasteiger partial charge in [0.15, 0.2) is 11.6 Å². The minimum absolute atomic E-state index is 0.377. The van der Waals surface area contributed by atoms with Gasteiger partial charge < -0.3 is 11.1 Å². The van der Waals surface area contributed by atoms with Crippen LogP contribution in [0.3, 0.4) is 0 Å². The number of nitrogens with two attached hydrogens (primary N) is 1. The largest absolute Gasteiger partial charge is 0.397 e. The lowest BCUT2D eigenvalue weighted by Crippen LogP contribution is -2.01. The summed E-state index contributed by atoms with van der Waals surface area (Å²) >= 11 is 0. The minimum Gasteiger partial charge on any atom is -0.397 e. The first-order valence-electron chi connectivity index (χ1n) is 5.03. The highest BCUT2D eigenvalue weighted by Crippen LogP contribution is 2.13. The molecule has 1 aromatic heterocycles. The maximum Gasteiger partial charge on any atom is 0.159 e. The van der Waals surface area contributed by atoms with E-state index in [0.717, 1.165) is 17.8 Å². The standard InChI is InChI=1S/C12H11F2N3/c13-11-2-1-8(3-12(11)14)5-17-10-4-9(15)6-16-7-10/h1-4,6-7,17H,5,15H2. The van der Waals surface area contributed by atoms with Gasteiger partial charge in [-0.25, -0.2) is 8.78 Å². The summed E-state index contributed by atoms with van der Waals surface area (Å²) in [6, 6.07) is 5.49. The third kappa shape index (κ3) is 2.90. The predicted octanol–water partition coefficient (Wildman–Crippen LogP) is 2.55. The van der Waals surface area contributed by atoms with E-state index in [1.54, 1.807) is 12.3 Å². The molecule has 0 bridgehead atoms. The maximum atomic E-state index is 12.9. The van der Waals surface area contributed by atoms with Crippen LogP contribution in [0, 0.1) is 11.6 Å². The van der Waals surface area contributed by atoms with Gasteiger partial charge in [0.2, 0.25) is 0 Å². The van der Waals surface area contributed by atoms with Crippen LogP contribution in [0.2, 0.25) is 0 Å². The molecule has 0 aliphatic carbocycles. The van der Waals surface area contributed by atoms with Crippen molar-refractivity contribution in [2.24, 2.45) is 0 Å². The number of rotatable bonds is 3. The quantitative estimate of drug-likeness (QED) is 0.859. The molecule has 0 fully saturated rings. The topological polar surface area (TPSA) is 50.9 Å². The SMILES string of the molecule is Nc1cncc(NCc2ccc(F)c(F)c2)c1. The van der Waals surface area contributed by atoms with Crippen LogP contribution in [0.15, 0.2) is 36.7 Å². The molecule has 0 atom stereocenters. The van der Waals surface area contributed by atoms with Gasteiger partial charge in [-0.05, 0) is 23.8 Å². The van der Waals surface area contributed by atoms with Gasteiger partial charge in [-0.15, -0.1) is 0 Å². The lowest BCUT2D eigenvalue weighted by atomic mass is 10.2. The number of benzene rings is 1. The Morgan fingerprint density at radius 2 is 1.94 bits per heavy atom. The first kappa shape index (κ1) is 11.3. The number of halogens is 2. The Kier molecular flexibility index (Phi) is 3.18. The molecule has 3 N–H and O–H groups in total. The van der Waals surface area contributed by atoms with E-state index in [4.69, 9.17) is 5.73 Å². The highest BCUT2D eigenvalue weighted by Gasteiger charge is 2.02. The van der Waals surface area contributed by atoms with Crippen molar-refractivity contribution in [1.29, 1.82) is 0 Å². The molecule has 1 heterocycles. The van der Waals surface area contributed by atoms with Gasteiger partial charge in [-0.2, -0.15) is 0 Å². The molecule has 0 amide bonds. The van der Waals surface area contributed by atoms with Crippen molar-refractivity contribution in [2.75, 3.05) is 11.1 Å². The second kappa shape index (κ2) is 4.78. The Morgan fingerprint density at radius 3 is 2.65 bits per heavy atom. The Balaban J connectivity index is 2.05. The van der Waals surface area contributed by atoms with Crippen LogP contribution in [0.4, 0.5) is 20.2 Å². The molecule has 3 nitrogen and oxygen atoms in total. The van der Waals surface area contributed by atoms with Crippen LogP contribution in [0.5, 0.6) is 0 Å². The van der Waals surface area contributed by atoms with Gasteiger partial charge in [-0.3, -0.25) is 4.98 Å². The second-order valence-corrected chi connectivity index (χ2v) is 3.61. The highest BCUT2D eigenvalue weighted by atomic mass is 19.2. The van der Waals surface area contributed by atoms with E-state index in [1.807, 2.05) is 0 Å². The van der Waals surface area contributed by atoms with Crippen molar-refractivity contribution in [2.45, 2.75) is 6.54 Å². The number of aromatic nitrogens is 1. The monoisotopic (exact) mass is 235 g/mol. The molecule has 17 heavy (non-hydrogen) atoms. The summed E-state index contributed by atoms with van der Waals surface area (Å²) in [5, 5.41) is 3.02. The molecular weight excluding hydrogens is 224 g/mol. The van der Waals surface area contributed by atoms with Gasteiger partial charge in [-0.1, -0.05) is 6.07 Å². The first-order chi connectivity index (χ1) is 8.15. The molecule has 0 unspecified atom stereocenters. The Labute approximate surface area is 97.3 Å². The maximum absolute atomic E-state index is 12.9. The molecule has 0 aliphatic heterocycles. The highest BCUT2D eigenvalue weighted by molar-refractivity contribution is 5.51.